The summed E-state index contributed by atoms with van der Waals surface area (Å²) >= 11 is 1.51. The van der Waals surface area contributed by atoms with Crippen LogP contribution in [0.4, 0.5) is 0 Å². The summed E-state index contributed by atoms with van der Waals surface area (Å²) in [6.07, 6.45) is 3.27. The van der Waals surface area contributed by atoms with Crippen molar-refractivity contribution in [3.8, 4) is 0 Å². The highest BCUT2D eigenvalue weighted by Gasteiger charge is 2.33. The summed E-state index contributed by atoms with van der Waals surface area (Å²) in [4.78, 5) is 40.0. The molecule has 0 atom stereocenters. The lowest BCUT2D eigenvalue weighted by Crippen LogP contribution is -2.41. The minimum absolute atomic E-state index is 0.0394. The molecule has 136 valence electrons. The highest BCUT2D eigenvalue weighted by Crippen LogP contribution is 2.30. The van der Waals surface area contributed by atoms with Gasteiger partial charge < -0.3 is 14.9 Å². The molecule has 3 rings (SSSR count). The second-order valence-electron chi connectivity index (χ2n) is 6.87. The van der Waals surface area contributed by atoms with Gasteiger partial charge in [-0.2, -0.15) is 11.3 Å². The number of carboxylic acids is 1. The molecule has 1 saturated carbocycles. The SMILES string of the molecule is O=C(O)C1CCC(C(=O)N2CCCN(C(=O)c3ccsc3)CC2)CC1. The van der Waals surface area contributed by atoms with Crippen LogP contribution in [0.15, 0.2) is 16.8 Å². The maximum atomic E-state index is 12.8. The first kappa shape index (κ1) is 17.9. The van der Waals surface area contributed by atoms with E-state index >= 15 is 0 Å². The molecular weight excluding hydrogens is 340 g/mol. The summed E-state index contributed by atoms with van der Waals surface area (Å²) in [5.41, 5.74) is 0.719. The number of carbonyl (C=O) groups is 3. The topological polar surface area (TPSA) is 77.9 Å². The molecule has 0 aromatic carbocycles. The van der Waals surface area contributed by atoms with Gasteiger partial charge in [-0.3, -0.25) is 14.4 Å². The van der Waals surface area contributed by atoms with E-state index in [1.165, 1.54) is 11.3 Å². The van der Waals surface area contributed by atoms with E-state index in [1.807, 2.05) is 26.6 Å². The van der Waals surface area contributed by atoms with E-state index in [-0.39, 0.29) is 23.7 Å². The van der Waals surface area contributed by atoms with Crippen LogP contribution in [0, 0.1) is 11.8 Å². The van der Waals surface area contributed by atoms with Gasteiger partial charge in [0.05, 0.1) is 11.5 Å². The van der Waals surface area contributed by atoms with Crippen LogP contribution in [0.2, 0.25) is 0 Å². The smallest absolute Gasteiger partial charge is 0.306 e. The molecule has 0 radical (unpaired) electrons. The Hall–Kier alpha value is -1.89. The van der Waals surface area contributed by atoms with Crippen molar-refractivity contribution in [2.75, 3.05) is 26.2 Å². The molecule has 1 N–H and O–H groups in total. The first-order chi connectivity index (χ1) is 12.1. The van der Waals surface area contributed by atoms with Crippen molar-refractivity contribution in [3.05, 3.63) is 22.4 Å². The molecule has 1 aromatic heterocycles. The number of rotatable bonds is 3. The molecule has 1 saturated heterocycles. The van der Waals surface area contributed by atoms with Crippen molar-refractivity contribution in [3.63, 3.8) is 0 Å². The molecule has 0 bridgehead atoms. The van der Waals surface area contributed by atoms with E-state index in [0.29, 0.717) is 51.9 Å². The maximum absolute atomic E-state index is 12.8. The zero-order chi connectivity index (χ0) is 17.8. The molecule has 7 heteroatoms. The maximum Gasteiger partial charge on any atom is 0.306 e. The van der Waals surface area contributed by atoms with Crippen LogP contribution in [-0.4, -0.2) is 58.9 Å². The quantitative estimate of drug-likeness (QED) is 0.893. The minimum atomic E-state index is -0.747. The minimum Gasteiger partial charge on any atom is -0.481 e. The van der Waals surface area contributed by atoms with Crippen LogP contribution in [0.3, 0.4) is 0 Å². The Morgan fingerprint density at radius 3 is 2.24 bits per heavy atom. The van der Waals surface area contributed by atoms with Crippen molar-refractivity contribution in [2.45, 2.75) is 32.1 Å². The van der Waals surface area contributed by atoms with Crippen LogP contribution < -0.4 is 0 Å². The lowest BCUT2D eigenvalue weighted by atomic mass is 9.81. The molecule has 2 aliphatic rings. The zero-order valence-electron chi connectivity index (χ0n) is 14.2. The molecule has 1 aliphatic heterocycles. The van der Waals surface area contributed by atoms with Crippen LogP contribution in [0.25, 0.3) is 0 Å². The summed E-state index contributed by atoms with van der Waals surface area (Å²) in [7, 11) is 0. The van der Waals surface area contributed by atoms with Gasteiger partial charge in [0.15, 0.2) is 0 Å². The number of thiophene rings is 1. The van der Waals surface area contributed by atoms with E-state index < -0.39 is 5.97 Å². The molecule has 0 unspecified atom stereocenters. The van der Waals surface area contributed by atoms with Gasteiger partial charge in [-0.15, -0.1) is 0 Å². The summed E-state index contributed by atoms with van der Waals surface area (Å²) < 4.78 is 0. The van der Waals surface area contributed by atoms with Crippen molar-refractivity contribution >= 4 is 29.1 Å². The predicted molar refractivity (Wildman–Crippen MR) is 94.5 cm³/mol. The van der Waals surface area contributed by atoms with Crippen LogP contribution in [-0.2, 0) is 9.59 Å². The largest absolute Gasteiger partial charge is 0.481 e. The van der Waals surface area contributed by atoms with Gasteiger partial charge >= 0.3 is 5.97 Å². The second kappa shape index (κ2) is 7.99. The van der Waals surface area contributed by atoms with Gasteiger partial charge in [0, 0.05) is 37.5 Å². The molecule has 6 nitrogen and oxygen atoms in total. The molecule has 2 heterocycles. The number of carbonyl (C=O) groups excluding carboxylic acids is 2. The standard InChI is InChI=1S/C18H24N2O4S/c21-16(13-2-4-14(5-3-13)18(23)24)19-7-1-8-20(10-9-19)17(22)15-6-11-25-12-15/h6,11-14H,1-5,7-10H2,(H,23,24). The lowest BCUT2D eigenvalue weighted by Gasteiger charge is -2.30. The third kappa shape index (κ3) is 4.21. The molecular formula is C18H24N2O4S. The average molecular weight is 364 g/mol. The Kier molecular flexibility index (Phi) is 5.73. The van der Waals surface area contributed by atoms with E-state index in [9.17, 15) is 14.4 Å². The van der Waals surface area contributed by atoms with Crippen LogP contribution >= 0.6 is 11.3 Å². The van der Waals surface area contributed by atoms with Gasteiger partial charge in [-0.1, -0.05) is 0 Å². The molecule has 1 aromatic rings. The van der Waals surface area contributed by atoms with Crippen LogP contribution in [0.5, 0.6) is 0 Å². The fraction of sp³-hybridized carbons (Fsp3) is 0.611. The fourth-order valence-corrected chi connectivity index (χ4v) is 4.38. The van der Waals surface area contributed by atoms with E-state index in [0.717, 1.165) is 12.0 Å². The highest BCUT2D eigenvalue weighted by molar-refractivity contribution is 7.08. The number of amides is 2. The van der Waals surface area contributed by atoms with Crippen LogP contribution in [0.1, 0.15) is 42.5 Å². The number of carboxylic acid groups (broad SMARTS) is 1. The van der Waals surface area contributed by atoms with Crippen molar-refractivity contribution in [2.24, 2.45) is 11.8 Å². The Balaban J connectivity index is 1.53. The Labute approximate surface area is 151 Å². The van der Waals surface area contributed by atoms with Crippen molar-refractivity contribution < 1.29 is 19.5 Å². The van der Waals surface area contributed by atoms with Gasteiger partial charge in [-0.25, -0.2) is 0 Å². The van der Waals surface area contributed by atoms with Gasteiger partial charge in [0.2, 0.25) is 5.91 Å². The third-order valence-corrected chi connectivity index (χ3v) is 5.97. The van der Waals surface area contributed by atoms with E-state index in [4.69, 9.17) is 5.11 Å². The normalized spacial score (nSPS) is 24.6. The second-order valence-corrected chi connectivity index (χ2v) is 7.65. The lowest BCUT2D eigenvalue weighted by molar-refractivity contribution is -0.145. The summed E-state index contributed by atoms with van der Waals surface area (Å²) in [6.45, 7) is 2.47. The monoisotopic (exact) mass is 364 g/mol. The van der Waals surface area contributed by atoms with Crippen molar-refractivity contribution in [1.29, 1.82) is 0 Å². The zero-order valence-corrected chi connectivity index (χ0v) is 15.0. The van der Waals surface area contributed by atoms with E-state index in [2.05, 4.69) is 0 Å². The molecule has 1 aliphatic carbocycles. The third-order valence-electron chi connectivity index (χ3n) is 5.29. The number of hydrogen-bond acceptors (Lipinski definition) is 4. The predicted octanol–water partition coefficient (Wildman–Crippen LogP) is 2.31. The van der Waals surface area contributed by atoms with Gasteiger partial charge in [0.25, 0.3) is 5.91 Å². The molecule has 25 heavy (non-hydrogen) atoms. The first-order valence-electron chi connectivity index (χ1n) is 8.89. The first-order valence-corrected chi connectivity index (χ1v) is 9.83. The van der Waals surface area contributed by atoms with Gasteiger partial charge in [-0.05, 0) is 43.6 Å². The Bertz CT molecular complexity index is 623. The highest BCUT2D eigenvalue weighted by atomic mass is 32.1. The van der Waals surface area contributed by atoms with Crippen molar-refractivity contribution in [1.82, 2.24) is 9.80 Å². The molecule has 2 fully saturated rings. The number of aliphatic carboxylic acids is 1. The number of nitrogens with zero attached hydrogens (tertiary/aromatic N) is 2. The molecule has 0 spiro atoms. The van der Waals surface area contributed by atoms with E-state index in [1.54, 1.807) is 0 Å². The number of hydrogen-bond donors (Lipinski definition) is 1. The fourth-order valence-electron chi connectivity index (χ4n) is 3.76. The Morgan fingerprint density at radius 1 is 0.960 bits per heavy atom. The summed E-state index contributed by atoms with van der Waals surface area (Å²) in [5, 5.41) is 12.8. The molecule has 2 amide bonds. The summed E-state index contributed by atoms with van der Waals surface area (Å²) in [6, 6.07) is 1.84. The summed E-state index contributed by atoms with van der Waals surface area (Å²) in [5.74, 6) is -0.934. The average Bonchev–Trinajstić information content (AvgIpc) is 3.05. The van der Waals surface area contributed by atoms with Gasteiger partial charge in [0.1, 0.15) is 0 Å². The Morgan fingerprint density at radius 2 is 1.60 bits per heavy atom.